The molecule has 0 fully saturated rings. The lowest BCUT2D eigenvalue weighted by Crippen LogP contribution is -2.07. The summed E-state index contributed by atoms with van der Waals surface area (Å²) in [6.07, 6.45) is 2.32. The summed E-state index contributed by atoms with van der Waals surface area (Å²) in [7, 11) is 0. The molecular weight excluding hydrogens is 293 g/mol. The number of benzene rings is 1. The number of aromatic nitrogens is 2. The van der Waals surface area contributed by atoms with Gasteiger partial charge in [-0.15, -0.1) is 0 Å². The second kappa shape index (κ2) is 6.23. The number of nitrogens with one attached hydrogen (secondary N) is 1. The van der Waals surface area contributed by atoms with E-state index in [0.717, 1.165) is 11.4 Å². The van der Waals surface area contributed by atoms with Crippen molar-refractivity contribution in [1.82, 2.24) is 9.97 Å². The van der Waals surface area contributed by atoms with Gasteiger partial charge in [0.25, 0.3) is 0 Å². The molecule has 1 heterocycles. The fourth-order valence-corrected chi connectivity index (χ4v) is 1.86. The lowest BCUT2D eigenvalue weighted by atomic mass is 10.1. The highest BCUT2D eigenvalue weighted by Gasteiger charge is 2.03. The van der Waals surface area contributed by atoms with Crippen LogP contribution in [-0.2, 0) is 6.42 Å². The quantitative estimate of drug-likeness (QED) is 0.864. The van der Waals surface area contributed by atoms with Crippen molar-refractivity contribution in [2.75, 3.05) is 11.9 Å². The van der Waals surface area contributed by atoms with Gasteiger partial charge in [-0.05, 0) is 35.7 Å². The number of rotatable bonds is 4. The zero-order valence-corrected chi connectivity index (χ0v) is 11.6. The first-order chi connectivity index (χ1) is 8.65. The largest absolute Gasteiger partial charge is 0.368 e. The van der Waals surface area contributed by atoms with Crippen LogP contribution in [0.3, 0.4) is 0 Å². The number of nitrogens with zero attached hydrogens (tertiary/aromatic N) is 2. The molecule has 3 nitrogen and oxygen atoms in total. The lowest BCUT2D eigenvalue weighted by molar-refractivity contribution is 0.999. The second-order valence-corrected chi connectivity index (χ2v) is 4.82. The maximum atomic E-state index is 5.94. The molecule has 0 aliphatic carbocycles. The van der Waals surface area contributed by atoms with Gasteiger partial charge in [0.05, 0.1) is 6.20 Å². The molecule has 0 saturated carbocycles. The lowest BCUT2D eigenvalue weighted by Gasteiger charge is -2.07. The Morgan fingerprint density at radius 2 is 1.78 bits per heavy atom. The van der Waals surface area contributed by atoms with Crippen molar-refractivity contribution in [3.8, 4) is 0 Å². The predicted octanol–water partition coefficient (Wildman–Crippen LogP) is 4.09. The van der Waals surface area contributed by atoms with E-state index in [-0.39, 0.29) is 5.28 Å². The molecule has 1 N–H and O–H groups in total. The average molecular weight is 303 g/mol. The van der Waals surface area contributed by atoms with Crippen molar-refractivity contribution in [1.29, 1.82) is 0 Å². The Morgan fingerprint density at radius 3 is 2.50 bits per heavy atom. The van der Waals surface area contributed by atoms with Gasteiger partial charge in [0.15, 0.2) is 0 Å². The van der Waals surface area contributed by atoms with E-state index in [1.807, 2.05) is 24.3 Å². The topological polar surface area (TPSA) is 37.8 Å². The number of anilines is 1. The molecule has 6 heteroatoms. The SMILES string of the molecule is Clc1ccc(CCNc2nc(Cl)ncc2Cl)cc1. The van der Waals surface area contributed by atoms with E-state index in [1.165, 1.54) is 11.8 Å². The maximum Gasteiger partial charge on any atom is 0.224 e. The van der Waals surface area contributed by atoms with Crippen molar-refractivity contribution >= 4 is 40.6 Å². The third-order valence-corrected chi connectivity index (χ3v) is 3.04. The summed E-state index contributed by atoms with van der Waals surface area (Å²) in [6, 6.07) is 7.70. The summed E-state index contributed by atoms with van der Waals surface area (Å²) < 4.78 is 0. The number of hydrogen-bond donors (Lipinski definition) is 1. The van der Waals surface area contributed by atoms with Crippen LogP contribution in [-0.4, -0.2) is 16.5 Å². The van der Waals surface area contributed by atoms with Crippen LogP contribution in [0.25, 0.3) is 0 Å². The molecule has 0 spiro atoms. The molecule has 2 rings (SSSR count). The van der Waals surface area contributed by atoms with Crippen LogP contribution in [0.5, 0.6) is 0 Å². The van der Waals surface area contributed by atoms with Gasteiger partial charge < -0.3 is 5.32 Å². The molecule has 18 heavy (non-hydrogen) atoms. The molecule has 0 unspecified atom stereocenters. The van der Waals surface area contributed by atoms with E-state index in [9.17, 15) is 0 Å². The third-order valence-electron chi connectivity index (χ3n) is 2.33. The van der Waals surface area contributed by atoms with Crippen molar-refractivity contribution in [2.45, 2.75) is 6.42 Å². The van der Waals surface area contributed by atoms with E-state index in [0.29, 0.717) is 17.4 Å². The zero-order chi connectivity index (χ0) is 13.0. The molecular formula is C12H10Cl3N3. The van der Waals surface area contributed by atoms with E-state index in [2.05, 4.69) is 15.3 Å². The molecule has 0 saturated heterocycles. The maximum absolute atomic E-state index is 5.94. The molecule has 2 aromatic rings. The Balaban J connectivity index is 1.92. The van der Waals surface area contributed by atoms with Gasteiger partial charge >= 0.3 is 0 Å². The Kier molecular flexibility index (Phi) is 4.64. The summed E-state index contributed by atoms with van der Waals surface area (Å²) in [5.74, 6) is 0.547. The van der Waals surface area contributed by atoms with Gasteiger partial charge in [0, 0.05) is 11.6 Å². The predicted molar refractivity (Wildman–Crippen MR) is 75.7 cm³/mol. The van der Waals surface area contributed by atoms with Crippen LogP contribution >= 0.6 is 34.8 Å². The van der Waals surface area contributed by atoms with E-state index in [1.54, 1.807) is 0 Å². The van der Waals surface area contributed by atoms with Crippen molar-refractivity contribution in [2.24, 2.45) is 0 Å². The molecule has 1 aromatic carbocycles. The summed E-state index contributed by atoms with van der Waals surface area (Å²) in [4.78, 5) is 7.79. The molecule has 0 amide bonds. The van der Waals surface area contributed by atoms with Gasteiger partial charge in [0.1, 0.15) is 10.8 Å². The number of hydrogen-bond acceptors (Lipinski definition) is 3. The Bertz CT molecular complexity index is 529. The fraction of sp³-hybridized carbons (Fsp3) is 0.167. The molecule has 0 bridgehead atoms. The zero-order valence-electron chi connectivity index (χ0n) is 9.33. The van der Waals surface area contributed by atoms with Gasteiger partial charge in [-0.25, -0.2) is 4.98 Å². The fourth-order valence-electron chi connectivity index (χ4n) is 1.45. The normalized spacial score (nSPS) is 10.4. The molecule has 0 aliphatic rings. The molecule has 0 aliphatic heterocycles. The first kappa shape index (κ1) is 13.4. The summed E-state index contributed by atoms with van der Waals surface area (Å²) in [5, 5.41) is 4.48. The average Bonchev–Trinajstić information content (AvgIpc) is 2.36. The van der Waals surface area contributed by atoms with Crippen LogP contribution < -0.4 is 5.32 Å². The van der Waals surface area contributed by atoms with Crippen LogP contribution in [0.2, 0.25) is 15.3 Å². The van der Waals surface area contributed by atoms with E-state index >= 15 is 0 Å². The summed E-state index contributed by atoms with van der Waals surface area (Å²) in [6.45, 7) is 0.703. The van der Waals surface area contributed by atoms with Gasteiger partial charge in [-0.1, -0.05) is 35.3 Å². The highest BCUT2D eigenvalue weighted by Crippen LogP contribution is 2.19. The van der Waals surface area contributed by atoms with Crippen LogP contribution in [0, 0.1) is 0 Å². The van der Waals surface area contributed by atoms with Crippen LogP contribution in [0.15, 0.2) is 30.5 Å². The number of halogens is 3. The van der Waals surface area contributed by atoms with Crippen LogP contribution in [0.1, 0.15) is 5.56 Å². The standard InChI is InChI=1S/C12H10Cl3N3/c13-9-3-1-8(2-4-9)5-6-16-11-10(14)7-17-12(15)18-11/h1-4,7H,5-6H2,(H,16,17,18). The van der Waals surface area contributed by atoms with Gasteiger partial charge in [-0.2, -0.15) is 4.98 Å². The van der Waals surface area contributed by atoms with Crippen molar-refractivity contribution in [3.05, 3.63) is 51.4 Å². The van der Waals surface area contributed by atoms with Gasteiger partial charge in [0.2, 0.25) is 5.28 Å². The van der Waals surface area contributed by atoms with Crippen molar-refractivity contribution in [3.63, 3.8) is 0 Å². The summed E-state index contributed by atoms with van der Waals surface area (Å²) in [5.41, 5.74) is 1.18. The highest BCUT2D eigenvalue weighted by molar-refractivity contribution is 6.33. The van der Waals surface area contributed by atoms with E-state index < -0.39 is 0 Å². The Labute approximate surface area is 120 Å². The minimum atomic E-state index is 0.174. The van der Waals surface area contributed by atoms with Gasteiger partial charge in [-0.3, -0.25) is 0 Å². The third kappa shape index (κ3) is 3.73. The monoisotopic (exact) mass is 301 g/mol. The highest BCUT2D eigenvalue weighted by atomic mass is 35.5. The summed E-state index contributed by atoms with van der Waals surface area (Å²) >= 11 is 17.4. The molecule has 94 valence electrons. The smallest absolute Gasteiger partial charge is 0.224 e. The second-order valence-electron chi connectivity index (χ2n) is 3.64. The molecule has 0 atom stereocenters. The molecule has 1 aromatic heterocycles. The first-order valence-electron chi connectivity index (χ1n) is 5.31. The van der Waals surface area contributed by atoms with E-state index in [4.69, 9.17) is 34.8 Å². The first-order valence-corrected chi connectivity index (χ1v) is 6.45. The molecule has 0 radical (unpaired) electrons. The van der Waals surface area contributed by atoms with Crippen LogP contribution in [0.4, 0.5) is 5.82 Å². The minimum Gasteiger partial charge on any atom is -0.368 e. The van der Waals surface area contributed by atoms with Crippen molar-refractivity contribution < 1.29 is 0 Å². The minimum absolute atomic E-state index is 0.174. The Morgan fingerprint density at radius 1 is 1.06 bits per heavy atom. The Hall–Kier alpha value is -1.03.